The van der Waals surface area contributed by atoms with Gasteiger partial charge in [0, 0.05) is 52.4 Å². The third-order valence-corrected chi connectivity index (χ3v) is 16.4. The van der Waals surface area contributed by atoms with E-state index in [4.69, 9.17) is 32.9 Å². The van der Waals surface area contributed by atoms with Gasteiger partial charge in [-0.2, -0.15) is 0 Å². The van der Waals surface area contributed by atoms with Crippen LogP contribution in [0.3, 0.4) is 0 Å². The number of fused-ring (bicyclic) bond motifs is 4. The fraction of sp³-hybridized carbons (Fsp3) is 0.192. The molecule has 9 aromatic carbocycles. The molecule has 4 heterocycles. The number of ether oxygens (including phenoxy) is 1. The zero-order valence-electron chi connectivity index (χ0n) is 60.5. The van der Waals surface area contributed by atoms with Crippen LogP contribution in [0.5, 0.6) is 11.5 Å². The summed E-state index contributed by atoms with van der Waals surface area (Å²) in [4.78, 5) is 20.9. The molecule has 8 nitrogen and oxygen atoms in total. The highest BCUT2D eigenvalue weighted by molar-refractivity contribution is 6.11. The van der Waals surface area contributed by atoms with E-state index < -0.39 is 60.4 Å². The quantitative estimate of drug-likeness (QED) is 0.128. The summed E-state index contributed by atoms with van der Waals surface area (Å²) in [5, 5.41) is 1.88. The largest absolute Gasteiger partial charge is 0.503 e. The van der Waals surface area contributed by atoms with Gasteiger partial charge >= 0.3 is 6.01 Å². The third kappa shape index (κ3) is 10.1. The number of rotatable bonds is 10. The molecule has 422 valence electrons. The van der Waals surface area contributed by atoms with E-state index in [1.165, 1.54) is 0 Å². The Kier molecular flexibility index (Phi) is 11.1. The van der Waals surface area contributed by atoms with Crippen molar-refractivity contribution in [1.82, 2.24) is 33.7 Å². The molecule has 0 saturated carbocycles. The molecule has 0 saturated heterocycles. The van der Waals surface area contributed by atoms with Crippen molar-refractivity contribution >= 4 is 50.6 Å². The molecule has 1 aliphatic rings. The Hall–Kier alpha value is -9.88. The van der Waals surface area contributed by atoms with E-state index in [9.17, 15) is 5.48 Å². The zero-order valence-corrected chi connectivity index (χ0v) is 50.5. The Morgan fingerprint density at radius 1 is 0.465 bits per heavy atom. The molecule has 0 atom stereocenters. The van der Waals surface area contributed by atoms with Crippen LogP contribution in [-0.4, -0.2) is 30.5 Å². The summed E-state index contributed by atoms with van der Waals surface area (Å²) in [5.41, 5.74) is 10.8. The minimum absolute atomic E-state index is 0.0978. The van der Waals surface area contributed by atoms with E-state index in [2.05, 4.69) is 152 Å². The molecule has 86 heavy (non-hydrogen) atoms. The lowest BCUT2D eigenvalue weighted by molar-refractivity contribution is 0.484. The molecule has 3 aromatic heterocycles. The molecule has 0 bridgehead atoms. The minimum atomic E-state index is -0.579. The van der Waals surface area contributed by atoms with Crippen molar-refractivity contribution in [3.8, 4) is 73.7 Å². The van der Waals surface area contributed by atoms with Gasteiger partial charge in [-0.1, -0.05) is 208 Å². The highest BCUT2D eigenvalue weighted by Gasteiger charge is 2.41. The summed E-state index contributed by atoms with van der Waals surface area (Å²) >= 11 is 0. The molecule has 0 aliphatic carbocycles. The van der Waals surface area contributed by atoms with E-state index in [-0.39, 0.29) is 44.2 Å². The molecule has 0 fully saturated rings. The van der Waals surface area contributed by atoms with Crippen LogP contribution in [0.2, 0.25) is 0 Å². The molecule has 0 N–H and O–H groups in total. The number of para-hydroxylation sites is 3. The topological polar surface area (TPSA) is 71.7 Å². The van der Waals surface area contributed by atoms with Gasteiger partial charge in [-0.3, -0.25) is 4.57 Å². The minimum Gasteiger partial charge on any atom is -0.456 e. The van der Waals surface area contributed by atoms with Gasteiger partial charge in [-0.05, 0) is 121 Å². The van der Waals surface area contributed by atoms with E-state index in [1.807, 2.05) is 84.4 Å². The lowest BCUT2D eigenvalue weighted by atomic mass is 9.85. The number of hydrogen-bond donors (Lipinski definition) is 0. The van der Waals surface area contributed by atoms with Crippen LogP contribution >= 0.6 is 0 Å². The second-order valence-corrected chi connectivity index (χ2v) is 25.2. The Balaban J connectivity index is 1.08. The molecule has 13 rings (SSSR count). The van der Waals surface area contributed by atoms with Crippen molar-refractivity contribution in [2.24, 2.45) is 0 Å². The number of pyridine rings is 1. The highest BCUT2D eigenvalue weighted by atomic mass is 16.5. The smallest absolute Gasteiger partial charge is 0.456 e. The molecule has 0 spiro atoms. The van der Waals surface area contributed by atoms with Crippen molar-refractivity contribution in [3.63, 3.8) is 0 Å². The maximum atomic E-state index is 9.42. The second-order valence-electron chi connectivity index (χ2n) is 25.2. The number of hydrogen-bond acceptors (Lipinski definition) is 5. The van der Waals surface area contributed by atoms with Gasteiger partial charge in [0.15, 0.2) is 17.5 Å². The maximum Gasteiger partial charge on any atom is 0.503 e. The van der Waals surface area contributed by atoms with Crippen LogP contribution in [0.15, 0.2) is 212 Å². The lowest BCUT2D eigenvalue weighted by Crippen LogP contribution is -2.12. The monoisotopic (exact) mass is 1130 g/mol. The average Bonchev–Trinajstić information content (AvgIpc) is 1.27. The summed E-state index contributed by atoms with van der Waals surface area (Å²) in [6, 6.07) is 46.5. The fourth-order valence-electron chi connectivity index (χ4n) is 11.5. The first-order valence-electron chi connectivity index (χ1n) is 34.0. The third-order valence-electron chi connectivity index (χ3n) is 16.4. The van der Waals surface area contributed by atoms with Crippen LogP contribution in [0, 0.1) is 20.8 Å². The highest BCUT2D eigenvalue weighted by Crippen LogP contribution is 2.49. The van der Waals surface area contributed by atoms with Gasteiger partial charge in [0.25, 0.3) is 11.4 Å². The van der Waals surface area contributed by atoms with Crippen LogP contribution in [-0.2, 0) is 16.2 Å². The summed E-state index contributed by atoms with van der Waals surface area (Å²) in [5.74, 6) is 2.86. The van der Waals surface area contributed by atoms with E-state index in [0.717, 1.165) is 55.4 Å². The van der Waals surface area contributed by atoms with Gasteiger partial charge in [-0.15, -0.1) is 0 Å². The molecule has 8 heteroatoms. The molecule has 1 aliphatic heterocycles. The van der Waals surface area contributed by atoms with Crippen molar-refractivity contribution in [2.45, 2.75) is 99.3 Å². The SMILES string of the molecule is [2H]c1c([2H])c([2H])c(-c2c(C)c(C)c(C)c(-c3c([2H])c([2H])c([2H])c([2H])c3[2H])c2[N+]2=C=[N+](c3cccc(Oc4cc5c(cc4-c4nc(-c6ccc(C(C)(C)C)cc6)nc(-c6ccc(C(C)(C)C)cc6)n4)c4ccccc4n5-c4cc(C(C)(C)C)ccn4)c3)c3ccccc32)c([2H])c1[2H]. The first-order valence-corrected chi connectivity index (χ1v) is 29.0. The van der Waals surface area contributed by atoms with Gasteiger partial charge in [0.05, 0.1) is 47.5 Å². The van der Waals surface area contributed by atoms with Crippen molar-refractivity contribution in [2.75, 3.05) is 0 Å². The summed E-state index contributed by atoms with van der Waals surface area (Å²) in [7, 11) is 0. The molecule has 0 radical (unpaired) electrons. The zero-order chi connectivity index (χ0) is 68.5. The summed E-state index contributed by atoms with van der Waals surface area (Å²) in [6.45, 7) is 25.1. The summed E-state index contributed by atoms with van der Waals surface area (Å²) < 4.78 is 104. The Morgan fingerprint density at radius 3 is 1.57 bits per heavy atom. The molecule has 12 aromatic rings. The number of benzene rings is 9. The van der Waals surface area contributed by atoms with Gasteiger partial charge in [0.1, 0.15) is 17.3 Å². The predicted octanol–water partition coefficient (Wildman–Crippen LogP) is 20.2. The number of aromatic nitrogens is 5. The van der Waals surface area contributed by atoms with Gasteiger partial charge in [0.2, 0.25) is 11.4 Å². The van der Waals surface area contributed by atoms with Gasteiger partial charge < -0.3 is 4.74 Å². The normalized spacial score (nSPS) is 14.2. The fourth-order valence-corrected chi connectivity index (χ4v) is 11.5. The second kappa shape index (κ2) is 21.3. The molecular formula is C78H71N7O+2. The van der Waals surface area contributed by atoms with Crippen LogP contribution < -0.4 is 13.9 Å². The molecular weight excluding hydrogens is 1050 g/mol. The standard InChI is InChI=1S/C78H71N7O/c1-49-50(2)70(52-24-15-13-16-25-52)72(71(51(49)3)53-26-17-14-18-27-53)84-48-83(65-32-21-22-33-66(65)84)59-28-23-29-60(45-59)86-68-47-67-62(61-30-19-20-31-64(61)85(67)69-44-58(42-43-79-69)78(10,11)12)46-63(68)75-81-73(54-34-38-56(39-35-54)76(4,5)6)80-74(82-75)55-36-40-57(41-37-55)77(7,8)9/h13-47H,1-12H3/q+2/i13D,14D,15D,16D,17D,18D,24D,25D,26D,27D. The van der Waals surface area contributed by atoms with Crippen LogP contribution in [0.1, 0.15) is 109 Å². The first kappa shape index (κ1) is 44.6. The van der Waals surface area contributed by atoms with E-state index in [1.54, 1.807) is 18.4 Å². The maximum absolute atomic E-state index is 9.42. The van der Waals surface area contributed by atoms with Crippen LogP contribution in [0.4, 0.5) is 22.7 Å². The Morgan fingerprint density at radius 2 is 1.00 bits per heavy atom. The average molecular weight is 1130 g/mol. The summed E-state index contributed by atoms with van der Waals surface area (Å²) in [6.07, 6.45) is 1.85. The van der Waals surface area contributed by atoms with E-state index >= 15 is 0 Å². The van der Waals surface area contributed by atoms with Crippen molar-refractivity contribution in [1.29, 1.82) is 0 Å². The Labute approximate surface area is 519 Å². The van der Waals surface area contributed by atoms with Crippen molar-refractivity contribution < 1.29 is 18.4 Å². The Bertz CT molecular complexity index is 5110. The van der Waals surface area contributed by atoms with E-state index in [0.29, 0.717) is 68.3 Å². The van der Waals surface area contributed by atoms with Crippen LogP contribution in [0.25, 0.3) is 84.0 Å². The lowest BCUT2D eigenvalue weighted by Gasteiger charge is -2.20. The molecule has 0 unspecified atom stereocenters. The molecule has 0 amide bonds. The number of nitrogens with zero attached hydrogens (tertiary/aromatic N) is 7. The van der Waals surface area contributed by atoms with Crippen molar-refractivity contribution in [3.05, 3.63) is 246 Å². The first-order chi connectivity index (χ1) is 45.4. The van der Waals surface area contributed by atoms with Gasteiger partial charge in [-0.25, -0.2) is 19.9 Å². The predicted molar refractivity (Wildman–Crippen MR) is 357 cm³/mol.